The zero-order valence-corrected chi connectivity index (χ0v) is 18.3. The van der Waals surface area contributed by atoms with E-state index >= 15 is 0 Å². The number of rotatable bonds is 6. The zero-order chi connectivity index (χ0) is 21.8. The van der Waals surface area contributed by atoms with E-state index in [0.29, 0.717) is 30.0 Å². The third kappa shape index (κ3) is 4.69. The van der Waals surface area contributed by atoms with Crippen LogP contribution in [-0.4, -0.2) is 77.4 Å². The number of likely N-dealkylation sites (N-methyl/N-ethyl adjacent to an activating group) is 1. The number of carbonyl (C=O) groups is 2. The molecule has 2 aromatic rings. The number of fused-ring (bicyclic) bond motifs is 1. The maximum Gasteiger partial charge on any atom is 0.255 e. The van der Waals surface area contributed by atoms with Crippen LogP contribution in [0.3, 0.4) is 0 Å². The molecule has 4 rings (SSSR count). The zero-order valence-electron chi connectivity index (χ0n) is 18.3. The predicted octanol–water partition coefficient (Wildman–Crippen LogP) is 2.03. The van der Waals surface area contributed by atoms with Crippen LogP contribution in [0.1, 0.15) is 35.8 Å². The highest BCUT2D eigenvalue weighted by Crippen LogP contribution is 2.28. The van der Waals surface area contributed by atoms with Gasteiger partial charge in [-0.15, -0.1) is 0 Å². The van der Waals surface area contributed by atoms with E-state index in [2.05, 4.69) is 27.1 Å². The van der Waals surface area contributed by atoms with Gasteiger partial charge in [0, 0.05) is 57.2 Å². The molecule has 2 amide bonds. The number of nitrogens with one attached hydrogen (secondary N) is 1. The van der Waals surface area contributed by atoms with Crippen molar-refractivity contribution >= 4 is 23.3 Å². The Morgan fingerprint density at radius 3 is 2.77 bits per heavy atom. The maximum atomic E-state index is 13.6. The van der Waals surface area contributed by atoms with Gasteiger partial charge in [0.2, 0.25) is 5.91 Å². The first-order chi connectivity index (χ1) is 15.1. The Kier molecular flexibility index (Phi) is 6.46. The topological polar surface area (TPSA) is 81.7 Å². The fourth-order valence-electron chi connectivity index (χ4n) is 4.32. The van der Waals surface area contributed by atoms with Gasteiger partial charge in [-0.3, -0.25) is 14.6 Å². The SMILES string of the molecule is CCN1CCC(N(CCc2ccccn2)C(=O)c2cnc3c(c2)N(C)C(=O)CN3)CC1. The second-order valence-electron chi connectivity index (χ2n) is 8.13. The van der Waals surface area contributed by atoms with Crippen molar-refractivity contribution in [1.29, 1.82) is 0 Å². The molecule has 0 radical (unpaired) electrons. The van der Waals surface area contributed by atoms with Crippen LogP contribution in [0.15, 0.2) is 36.7 Å². The molecule has 0 aliphatic carbocycles. The lowest BCUT2D eigenvalue weighted by Crippen LogP contribution is -2.48. The van der Waals surface area contributed by atoms with Crippen molar-refractivity contribution in [3.63, 3.8) is 0 Å². The Bertz CT molecular complexity index is 927. The summed E-state index contributed by atoms with van der Waals surface area (Å²) >= 11 is 0. The van der Waals surface area contributed by atoms with Crippen molar-refractivity contribution in [3.8, 4) is 0 Å². The molecule has 0 spiro atoms. The lowest BCUT2D eigenvalue weighted by molar-refractivity contribution is -0.116. The summed E-state index contributed by atoms with van der Waals surface area (Å²) in [6.07, 6.45) is 6.03. The molecule has 0 saturated carbocycles. The Morgan fingerprint density at radius 1 is 1.26 bits per heavy atom. The Labute approximate surface area is 183 Å². The van der Waals surface area contributed by atoms with E-state index in [1.165, 1.54) is 0 Å². The Morgan fingerprint density at radius 2 is 2.06 bits per heavy atom. The summed E-state index contributed by atoms with van der Waals surface area (Å²) in [5.74, 6) is 0.556. The summed E-state index contributed by atoms with van der Waals surface area (Å²) in [5, 5.41) is 3.02. The van der Waals surface area contributed by atoms with Crippen LogP contribution in [0.25, 0.3) is 0 Å². The highest BCUT2D eigenvalue weighted by atomic mass is 16.2. The fourth-order valence-corrected chi connectivity index (χ4v) is 4.32. The molecular formula is C23H30N6O2. The highest BCUT2D eigenvalue weighted by Gasteiger charge is 2.30. The van der Waals surface area contributed by atoms with Crippen molar-refractivity contribution < 1.29 is 9.59 Å². The summed E-state index contributed by atoms with van der Waals surface area (Å²) in [6, 6.07) is 7.84. The molecule has 1 fully saturated rings. The molecule has 8 nitrogen and oxygen atoms in total. The number of likely N-dealkylation sites (tertiary alicyclic amines) is 1. The van der Waals surface area contributed by atoms with Gasteiger partial charge in [-0.2, -0.15) is 0 Å². The quantitative estimate of drug-likeness (QED) is 0.767. The lowest BCUT2D eigenvalue weighted by Gasteiger charge is -2.38. The largest absolute Gasteiger partial charge is 0.359 e. The Balaban J connectivity index is 1.56. The van der Waals surface area contributed by atoms with E-state index < -0.39 is 0 Å². The van der Waals surface area contributed by atoms with E-state index in [4.69, 9.17) is 0 Å². The molecular weight excluding hydrogens is 392 g/mol. The van der Waals surface area contributed by atoms with Crippen LogP contribution in [-0.2, 0) is 11.2 Å². The number of piperidine rings is 1. The molecule has 1 N–H and O–H groups in total. The molecule has 2 aliphatic rings. The lowest BCUT2D eigenvalue weighted by atomic mass is 10.0. The summed E-state index contributed by atoms with van der Waals surface area (Å²) in [4.78, 5) is 40.5. The summed E-state index contributed by atoms with van der Waals surface area (Å²) < 4.78 is 0. The minimum Gasteiger partial charge on any atom is -0.359 e. The molecule has 0 aromatic carbocycles. The molecule has 2 aromatic heterocycles. The van der Waals surface area contributed by atoms with Crippen LogP contribution >= 0.6 is 0 Å². The van der Waals surface area contributed by atoms with Gasteiger partial charge < -0.3 is 20.0 Å². The fraction of sp³-hybridized carbons (Fsp3) is 0.478. The van der Waals surface area contributed by atoms with Crippen LogP contribution in [0.5, 0.6) is 0 Å². The van der Waals surface area contributed by atoms with E-state index in [1.807, 2.05) is 23.1 Å². The molecule has 164 valence electrons. The average molecular weight is 423 g/mol. The highest BCUT2D eigenvalue weighted by molar-refractivity contribution is 6.03. The van der Waals surface area contributed by atoms with E-state index in [-0.39, 0.29) is 24.4 Å². The molecule has 1 saturated heterocycles. The summed E-state index contributed by atoms with van der Waals surface area (Å²) in [6.45, 7) is 6.04. The van der Waals surface area contributed by atoms with Gasteiger partial charge >= 0.3 is 0 Å². The van der Waals surface area contributed by atoms with Gasteiger partial charge in [-0.25, -0.2) is 4.98 Å². The van der Waals surface area contributed by atoms with E-state index in [1.54, 1.807) is 30.4 Å². The smallest absolute Gasteiger partial charge is 0.255 e. The molecule has 0 atom stereocenters. The first kappa shape index (κ1) is 21.2. The molecule has 8 heteroatoms. The second-order valence-corrected chi connectivity index (χ2v) is 8.13. The molecule has 31 heavy (non-hydrogen) atoms. The standard InChI is InChI=1S/C23H30N6O2/c1-3-28-11-8-19(9-12-28)29(13-7-18-6-4-5-10-24-18)23(31)17-14-20-22(25-15-17)26-16-21(30)27(20)2/h4-6,10,14-15,19H,3,7-9,11-13,16H2,1-2H3,(H,25,26). The van der Waals surface area contributed by atoms with Crippen molar-refractivity contribution in [2.24, 2.45) is 0 Å². The van der Waals surface area contributed by atoms with Gasteiger partial charge in [0.05, 0.1) is 17.8 Å². The van der Waals surface area contributed by atoms with Gasteiger partial charge in [0.25, 0.3) is 5.91 Å². The third-order valence-corrected chi connectivity index (χ3v) is 6.30. The van der Waals surface area contributed by atoms with Gasteiger partial charge in [0.15, 0.2) is 0 Å². The van der Waals surface area contributed by atoms with Crippen LogP contribution in [0, 0.1) is 0 Å². The predicted molar refractivity (Wildman–Crippen MR) is 120 cm³/mol. The molecule has 0 bridgehead atoms. The first-order valence-corrected chi connectivity index (χ1v) is 11.0. The van der Waals surface area contributed by atoms with Crippen LogP contribution in [0.4, 0.5) is 11.5 Å². The van der Waals surface area contributed by atoms with E-state index in [9.17, 15) is 9.59 Å². The van der Waals surface area contributed by atoms with Crippen molar-refractivity contribution in [1.82, 2.24) is 19.8 Å². The van der Waals surface area contributed by atoms with Crippen molar-refractivity contribution in [2.45, 2.75) is 32.2 Å². The van der Waals surface area contributed by atoms with Gasteiger partial charge in [0.1, 0.15) is 5.82 Å². The van der Waals surface area contributed by atoms with Crippen LogP contribution in [0.2, 0.25) is 0 Å². The van der Waals surface area contributed by atoms with Gasteiger partial charge in [-0.1, -0.05) is 13.0 Å². The number of pyridine rings is 2. The van der Waals surface area contributed by atoms with Crippen LogP contribution < -0.4 is 10.2 Å². The molecule has 4 heterocycles. The number of hydrogen-bond donors (Lipinski definition) is 1. The van der Waals surface area contributed by atoms with Gasteiger partial charge in [-0.05, 0) is 37.6 Å². The Hall–Kier alpha value is -3.00. The second kappa shape index (κ2) is 9.43. The number of carbonyl (C=O) groups excluding carboxylic acids is 2. The molecule has 0 unspecified atom stereocenters. The number of aromatic nitrogens is 2. The first-order valence-electron chi connectivity index (χ1n) is 11.0. The minimum absolute atomic E-state index is 0.0346. The summed E-state index contributed by atoms with van der Waals surface area (Å²) in [7, 11) is 1.72. The number of anilines is 2. The summed E-state index contributed by atoms with van der Waals surface area (Å²) in [5.41, 5.74) is 2.14. The maximum absolute atomic E-state index is 13.6. The number of amides is 2. The number of hydrogen-bond acceptors (Lipinski definition) is 6. The van der Waals surface area contributed by atoms with E-state index in [0.717, 1.165) is 38.2 Å². The average Bonchev–Trinajstić information content (AvgIpc) is 2.82. The van der Waals surface area contributed by atoms with Crippen molar-refractivity contribution in [2.75, 3.05) is 50.0 Å². The number of nitrogens with zero attached hydrogens (tertiary/aromatic N) is 5. The van der Waals surface area contributed by atoms with Crippen molar-refractivity contribution in [3.05, 3.63) is 47.9 Å². The minimum atomic E-state index is -0.0437. The molecule has 2 aliphatic heterocycles. The third-order valence-electron chi connectivity index (χ3n) is 6.30. The monoisotopic (exact) mass is 422 g/mol. The normalized spacial score (nSPS) is 17.2.